The quantitative estimate of drug-likeness (QED) is 0.146. The van der Waals surface area contributed by atoms with Crippen molar-refractivity contribution in [3.8, 4) is 0 Å². The molecule has 11 nitrogen and oxygen atoms in total. The minimum absolute atomic E-state index is 0. The SMILES string of the molecule is COC(=O)c1[nH]ncc1CC(=O)c1c(Cl)cccc1Cl.O=C(O)c1[nH]ncc1CC(=O)c1c(Cl)cccc1Cl.[Na+].[OH-]. The molecule has 0 aliphatic heterocycles. The van der Waals surface area contributed by atoms with Gasteiger partial charge in [0.25, 0.3) is 0 Å². The molecule has 2 aromatic heterocycles. The van der Waals surface area contributed by atoms with E-state index in [1.165, 1.54) is 19.5 Å². The molecule has 4 aromatic rings. The minimum Gasteiger partial charge on any atom is -0.870 e. The molecule has 2 aromatic carbocycles. The van der Waals surface area contributed by atoms with E-state index in [1.54, 1.807) is 36.4 Å². The summed E-state index contributed by atoms with van der Waals surface area (Å²) >= 11 is 23.8. The van der Waals surface area contributed by atoms with Gasteiger partial charge in [0, 0.05) is 24.0 Å². The molecule has 0 fully saturated rings. The smallest absolute Gasteiger partial charge is 0.870 e. The van der Waals surface area contributed by atoms with Crippen LogP contribution in [0.3, 0.4) is 0 Å². The third-order valence-corrected chi connectivity index (χ3v) is 6.48. The van der Waals surface area contributed by atoms with Gasteiger partial charge in [0.15, 0.2) is 11.6 Å². The van der Waals surface area contributed by atoms with Crippen LogP contribution < -0.4 is 29.6 Å². The maximum absolute atomic E-state index is 12.3. The average Bonchev–Trinajstić information content (AvgIpc) is 3.53. The van der Waals surface area contributed by atoms with Gasteiger partial charge in [-0.15, -0.1) is 0 Å². The van der Waals surface area contributed by atoms with Crippen molar-refractivity contribution in [3.63, 3.8) is 0 Å². The Morgan fingerprint density at radius 3 is 1.49 bits per heavy atom. The molecule has 0 aliphatic carbocycles. The Kier molecular flexibility index (Phi) is 14.7. The minimum atomic E-state index is -1.18. The topological polar surface area (TPSA) is 185 Å². The maximum atomic E-state index is 12.3. The van der Waals surface area contributed by atoms with Crippen LogP contribution in [0, 0.1) is 0 Å². The normalized spacial score (nSPS) is 9.88. The second kappa shape index (κ2) is 16.6. The van der Waals surface area contributed by atoms with Gasteiger partial charge in [0.05, 0.1) is 50.7 Å². The number of aromatic carboxylic acids is 1. The van der Waals surface area contributed by atoms with Crippen molar-refractivity contribution in [2.24, 2.45) is 0 Å². The third-order valence-electron chi connectivity index (χ3n) is 5.22. The van der Waals surface area contributed by atoms with Crippen LogP contribution in [0.15, 0.2) is 48.8 Å². The number of nitrogens with zero attached hydrogens (tertiary/aromatic N) is 2. The number of carbonyl (C=O) groups is 4. The van der Waals surface area contributed by atoms with E-state index in [1.807, 2.05) is 0 Å². The van der Waals surface area contributed by atoms with E-state index in [4.69, 9.17) is 51.5 Å². The van der Waals surface area contributed by atoms with Gasteiger partial charge in [0.2, 0.25) is 0 Å². The average molecular weight is 652 g/mol. The Labute approximate surface area is 275 Å². The zero-order valence-electron chi connectivity index (χ0n) is 21.4. The Morgan fingerprint density at radius 1 is 0.756 bits per heavy atom. The number of ether oxygens (including phenoxy) is 1. The van der Waals surface area contributed by atoms with Crippen molar-refractivity contribution in [2.75, 3.05) is 7.11 Å². The van der Waals surface area contributed by atoms with E-state index >= 15 is 0 Å². The molecule has 0 saturated heterocycles. The van der Waals surface area contributed by atoms with Gasteiger partial charge in [-0.25, -0.2) is 9.59 Å². The van der Waals surface area contributed by atoms with Crippen molar-refractivity contribution >= 4 is 69.9 Å². The van der Waals surface area contributed by atoms with Crippen molar-refractivity contribution < 1.29 is 64.1 Å². The third kappa shape index (κ3) is 9.12. The monoisotopic (exact) mass is 650 g/mol. The van der Waals surface area contributed by atoms with E-state index < -0.39 is 11.9 Å². The van der Waals surface area contributed by atoms with Crippen LogP contribution in [0.5, 0.6) is 0 Å². The second-order valence-electron chi connectivity index (χ2n) is 7.73. The molecule has 0 amide bonds. The molecular weight excluding hydrogens is 633 g/mol. The number of hydrogen-bond donors (Lipinski definition) is 3. The molecule has 0 atom stereocenters. The molecule has 210 valence electrons. The summed E-state index contributed by atoms with van der Waals surface area (Å²) in [5, 5.41) is 22.1. The van der Waals surface area contributed by atoms with Gasteiger partial charge in [-0.1, -0.05) is 58.5 Å². The number of esters is 1. The first kappa shape index (κ1) is 36.3. The van der Waals surface area contributed by atoms with Crippen LogP contribution in [0.2, 0.25) is 20.1 Å². The van der Waals surface area contributed by atoms with E-state index in [2.05, 4.69) is 25.1 Å². The predicted molar refractivity (Wildman–Crippen MR) is 146 cm³/mol. The molecule has 0 unspecified atom stereocenters. The van der Waals surface area contributed by atoms with Gasteiger partial charge < -0.3 is 15.3 Å². The number of aromatic amines is 2. The number of carboxylic acids is 1. The first-order valence-corrected chi connectivity index (χ1v) is 12.4. The molecule has 2 heterocycles. The molecule has 0 aliphatic rings. The molecule has 4 N–H and O–H groups in total. The fourth-order valence-corrected chi connectivity index (χ4v) is 4.62. The molecule has 0 bridgehead atoms. The number of aromatic nitrogens is 4. The van der Waals surface area contributed by atoms with E-state index in [0.717, 1.165) is 0 Å². The number of benzene rings is 2. The number of rotatable bonds is 8. The second-order valence-corrected chi connectivity index (χ2v) is 9.36. The molecule has 0 spiro atoms. The fourth-order valence-electron chi connectivity index (χ4n) is 3.41. The van der Waals surface area contributed by atoms with Gasteiger partial charge in [-0.3, -0.25) is 19.8 Å². The fraction of sp³-hybridized carbons (Fsp3) is 0.120. The number of methoxy groups -OCH3 is 1. The first-order chi connectivity index (χ1) is 18.5. The summed E-state index contributed by atoms with van der Waals surface area (Å²) in [6.07, 6.45) is 2.51. The number of ketones is 2. The van der Waals surface area contributed by atoms with Crippen LogP contribution in [0.25, 0.3) is 0 Å². The van der Waals surface area contributed by atoms with Crippen molar-refractivity contribution in [1.82, 2.24) is 20.4 Å². The summed E-state index contributed by atoms with van der Waals surface area (Å²) in [7, 11) is 1.25. The van der Waals surface area contributed by atoms with E-state index in [0.29, 0.717) is 5.56 Å². The van der Waals surface area contributed by atoms with Gasteiger partial charge in [0.1, 0.15) is 11.4 Å². The van der Waals surface area contributed by atoms with E-state index in [-0.39, 0.29) is 108 Å². The number of nitrogens with one attached hydrogen (secondary N) is 2. The number of carboxylic acid groups (broad SMARTS) is 1. The summed E-state index contributed by atoms with van der Waals surface area (Å²) in [6.45, 7) is 0. The number of H-pyrrole nitrogens is 2. The van der Waals surface area contributed by atoms with Crippen molar-refractivity contribution in [1.29, 1.82) is 0 Å². The maximum Gasteiger partial charge on any atom is 1.00 e. The first-order valence-electron chi connectivity index (χ1n) is 10.9. The van der Waals surface area contributed by atoms with Crippen LogP contribution in [-0.4, -0.2) is 61.6 Å². The molecule has 0 radical (unpaired) electrons. The number of carbonyl (C=O) groups excluding carboxylic acids is 3. The predicted octanol–water partition coefficient (Wildman–Crippen LogP) is 2.60. The summed E-state index contributed by atoms with van der Waals surface area (Å²) in [6, 6.07) is 9.54. The molecular formula is C25H19Cl4N4NaO7. The summed E-state index contributed by atoms with van der Waals surface area (Å²) < 4.78 is 4.60. The summed E-state index contributed by atoms with van der Waals surface area (Å²) in [5.41, 5.74) is 1.16. The Balaban J connectivity index is 0.000000391. The molecule has 41 heavy (non-hydrogen) atoms. The van der Waals surface area contributed by atoms with Crippen molar-refractivity contribution in [3.05, 3.63) is 103 Å². The zero-order valence-corrected chi connectivity index (χ0v) is 26.4. The summed E-state index contributed by atoms with van der Waals surface area (Å²) in [4.78, 5) is 46.8. The Bertz CT molecular complexity index is 1520. The van der Waals surface area contributed by atoms with E-state index in [9.17, 15) is 19.2 Å². The van der Waals surface area contributed by atoms with Crippen LogP contribution in [0.1, 0.15) is 52.8 Å². The molecule has 0 saturated carbocycles. The number of Topliss-reactive ketones (excluding diaryl/α,β-unsaturated/α-hetero) is 2. The van der Waals surface area contributed by atoms with Gasteiger partial charge in [-0.2, -0.15) is 10.2 Å². The summed E-state index contributed by atoms with van der Waals surface area (Å²) in [5.74, 6) is -2.42. The van der Waals surface area contributed by atoms with Crippen LogP contribution in [-0.2, 0) is 17.6 Å². The molecule has 16 heteroatoms. The van der Waals surface area contributed by atoms with Crippen LogP contribution >= 0.6 is 46.4 Å². The standard InChI is InChI=1S/C13H10Cl2N2O3.C12H8Cl2N2O3.Na.H2O/c1-20-13(19)12-7(6-16-17-12)5-10(18)11-8(14)3-2-4-9(11)15;13-7-2-1-3-8(14)10(7)9(17)4-6-5-15-16-11(6)12(18)19;;/h2-4,6H,5H2,1H3,(H,16,17);1-3,5H,4H2,(H,15,16)(H,18,19);;1H2/q;;+1;/p-1. The van der Waals surface area contributed by atoms with Crippen LogP contribution in [0.4, 0.5) is 0 Å². The zero-order chi connectivity index (χ0) is 28.7. The van der Waals surface area contributed by atoms with Gasteiger partial charge in [-0.05, 0) is 24.3 Å². The van der Waals surface area contributed by atoms with Crippen molar-refractivity contribution in [2.45, 2.75) is 12.8 Å². The Hall–Kier alpha value is -2.74. The van der Waals surface area contributed by atoms with Gasteiger partial charge >= 0.3 is 41.5 Å². The Morgan fingerprint density at radius 2 is 1.12 bits per heavy atom. The number of halogens is 4. The largest absolute Gasteiger partial charge is 1.00 e. The molecule has 4 rings (SSSR count). The number of hydrogen-bond acceptors (Lipinski definition) is 8.